The quantitative estimate of drug-likeness (QED) is 0.508. The van der Waals surface area contributed by atoms with Gasteiger partial charge in [-0.3, -0.25) is 10.1 Å². The SMILES string of the molecule is CCOC(=O)c1cc(N2CCCC(c3ncc[nH]3)C2)ccc1[N+](=O)[O-]. The number of ether oxygens (including phenoxy) is 1. The van der Waals surface area contributed by atoms with Crippen molar-refractivity contribution >= 4 is 17.3 Å². The highest BCUT2D eigenvalue weighted by molar-refractivity contribution is 5.95. The van der Waals surface area contributed by atoms with Gasteiger partial charge >= 0.3 is 5.97 Å². The fraction of sp³-hybridized carbons (Fsp3) is 0.412. The zero-order chi connectivity index (χ0) is 17.8. The number of nitro benzene ring substituents is 1. The van der Waals surface area contributed by atoms with E-state index in [1.54, 1.807) is 31.5 Å². The molecule has 0 amide bonds. The Labute approximate surface area is 145 Å². The van der Waals surface area contributed by atoms with Crippen LogP contribution in [0.4, 0.5) is 11.4 Å². The topological polar surface area (TPSA) is 101 Å². The minimum Gasteiger partial charge on any atom is -0.462 e. The predicted octanol–water partition coefficient (Wildman–Crippen LogP) is 2.88. The highest BCUT2D eigenvalue weighted by Gasteiger charge is 2.27. The maximum atomic E-state index is 12.1. The van der Waals surface area contributed by atoms with Crippen molar-refractivity contribution in [2.75, 3.05) is 24.6 Å². The van der Waals surface area contributed by atoms with Crippen molar-refractivity contribution in [3.8, 4) is 0 Å². The lowest BCUT2D eigenvalue weighted by atomic mass is 9.96. The molecule has 2 heterocycles. The van der Waals surface area contributed by atoms with Crippen LogP contribution < -0.4 is 4.90 Å². The second-order valence-corrected chi connectivity index (χ2v) is 5.94. The summed E-state index contributed by atoms with van der Waals surface area (Å²) in [6, 6.07) is 4.62. The molecule has 2 aromatic rings. The van der Waals surface area contributed by atoms with Gasteiger partial charge in [-0.15, -0.1) is 0 Å². The Morgan fingerprint density at radius 3 is 3.04 bits per heavy atom. The molecule has 3 rings (SSSR count). The first-order chi connectivity index (χ1) is 12.1. The first kappa shape index (κ1) is 16.9. The van der Waals surface area contributed by atoms with E-state index in [0.29, 0.717) is 0 Å². The average molecular weight is 344 g/mol. The number of nitro groups is 1. The van der Waals surface area contributed by atoms with Crippen LogP contribution >= 0.6 is 0 Å². The number of nitrogens with zero attached hydrogens (tertiary/aromatic N) is 3. The summed E-state index contributed by atoms with van der Waals surface area (Å²) in [6.45, 7) is 3.42. The summed E-state index contributed by atoms with van der Waals surface area (Å²) in [5.74, 6) is 0.540. The van der Waals surface area contributed by atoms with E-state index in [2.05, 4.69) is 14.9 Å². The number of hydrogen-bond acceptors (Lipinski definition) is 6. The monoisotopic (exact) mass is 344 g/mol. The van der Waals surface area contributed by atoms with Gasteiger partial charge in [0.25, 0.3) is 5.69 Å². The molecule has 1 aromatic carbocycles. The van der Waals surface area contributed by atoms with Crippen molar-refractivity contribution in [3.05, 3.63) is 52.1 Å². The number of aromatic nitrogens is 2. The van der Waals surface area contributed by atoms with Gasteiger partial charge in [0, 0.05) is 43.2 Å². The maximum absolute atomic E-state index is 12.1. The summed E-state index contributed by atoms with van der Waals surface area (Å²) < 4.78 is 4.96. The third-order valence-electron chi connectivity index (χ3n) is 4.36. The van der Waals surface area contributed by atoms with E-state index in [-0.39, 0.29) is 23.8 Å². The van der Waals surface area contributed by atoms with Crippen molar-refractivity contribution in [1.29, 1.82) is 0 Å². The van der Waals surface area contributed by atoms with Crippen LogP contribution in [0.25, 0.3) is 0 Å². The number of aromatic amines is 1. The first-order valence-electron chi connectivity index (χ1n) is 8.30. The zero-order valence-electron chi connectivity index (χ0n) is 14.0. The van der Waals surface area contributed by atoms with Gasteiger partial charge in [-0.05, 0) is 31.9 Å². The number of esters is 1. The lowest BCUT2D eigenvalue weighted by Gasteiger charge is -2.33. The molecule has 1 aliphatic rings. The van der Waals surface area contributed by atoms with Crippen LogP contribution in [0.3, 0.4) is 0 Å². The molecule has 1 fully saturated rings. The zero-order valence-corrected chi connectivity index (χ0v) is 14.0. The fourth-order valence-corrected chi connectivity index (χ4v) is 3.19. The Kier molecular flexibility index (Phi) is 4.97. The number of piperidine rings is 1. The molecule has 1 atom stereocenters. The van der Waals surface area contributed by atoms with Gasteiger partial charge in [0.15, 0.2) is 0 Å². The predicted molar refractivity (Wildman–Crippen MR) is 91.8 cm³/mol. The average Bonchev–Trinajstić information content (AvgIpc) is 3.16. The van der Waals surface area contributed by atoms with Crippen molar-refractivity contribution in [2.45, 2.75) is 25.7 Å². The van der Waals surface area contributed by atoms with E-state index >= 15 is 0 Å². The molecule has 1 saturated heterocycles. The van der Waals surface area contributed by atoms with Gasteiger partial charge < -0.3 is 14.6 Å². The largest absolute Gasteiger partial charge is 0.462 e. The molecule has 1 unspecified atom stereocenters. The summed E-state index contributed by atoms with van der Waals surface area (Å²) in [6.07, 6.45) is 5.55. The molecule has 0 radical (unpaired) electrons. The van der Waals surface area contributed by atoms with E-state index in [4.69, 9.17) is 4.74 Å². The normalized spacial score (nSPS) is 17.3. The molecule has 0 spiro atoms. The number of imidazole rings is 1. The number of H-pyrrole nitrogens is 1. The standard InChI is InChI=1S/C17H20N4O4/c1-2-25-17(22)14-10-13(5-6-15(14)21(23)24)20-9-3-4-12(11-20)16-18-7-8-19-16/h5-8,10,12H,2-4,9,11H2,1H3,(H,18,19). The molecular weight excluding hydrogens is 324 g/mol. The molecule has 0 aliphatic carbocycles. The van der Waals surface area contributed by atoms with E-state index in [0.717, 1.165) is 37.4 Å². The Morgan fingerprint density at radius 1 is 1.52 bits per heavy atom. The van der Waals surface area contributed by atoms with Gasteiger partial charge in [-0.2, -0.15) is 0 Å². The summed E-state index contributed by atoms with van der Waals surface area (Å²) in [4.78, 5) is 32.3. The molecule has 0 bridgehead atoms. The summed E-state index contributed by atoms with van der Waals surface area (Å²) in [5, 5.41) is 11.2. The molecule has 1 aliphatic heterocycles. The van der Waals surface area contributed by atoms with Crippen LogP contribution in [0.1, 0.15) is 41.9 Å². The molecule has 25 heavy (non-hydrogen) atoms. The smallest absolute Gasteiger partial charge is 0.345 e. The Balaban J connectivity index is 1.87. The van der Waals surface area contributed by atoms with Crippen molar-refractivity contribution in [1.82, 2.24) is 9.97 Å². The highest BCUT2D eigenvalue weighted by Crippen LogP contribution is 2.31. The summed E-state index contributed by atoms with van der Waals surface area (Å²) in [5.41, 5.74) is 0.538. The highest BCUT2D eigenvalue weighted by atomic mass is 16.6. The lowest BCUT2D eigenvalue weighted by Crippen LogP contribution is -2.34. The first-order valence-corrected chi connectivity index (χ1v) is 8.30. The molecule has 1 aromatic heterocycles. The van der Waals surface area contributed by atoms with Crippen molar-refractivity contribution in [2.24, 2.45) is 0 Å². The fourth-order valence-electron chi connectivity index (χ4n) is 3.19. The maximum Gasteiger partial charge on any atom is 0.345 e. The minimum absolute atomic E-state index is 0.00975. The van der Waals surface area contributed by atoms with E-state index in [1.165, 1.54) is 6.07 Å². The third kappa shape index (κ3) is 3.62. The number of carbonyl (C=O) groups is 1. The Morgan fingerprint density at radius 2 is 2.36 bits per heavy atom. The minimum atomic E-state index is -0.671. The number of anilines is 1. The number of carbonyl (C=O) groups excluding carboxylic acids is 1. The van der Waals surface area contributed by atoms with Gasteiger partial charge in [0.2, 0.25) is 0 Å². The Bertz CT molecular complexity index is 760. The second kappa shape index (κ2) is 7.33. The molecule has 0 saturated carbocycles. The number of nitrogens with one attached hydrogen (secondary N) is 1. The van der Waals surface area contributed by atoms with Gasteiger partial charge in [0.05, 0.1) is 11.5 Å². The summed E-state index contributed by atoms with van der Waals surface area (Å²) in [7, 11) is 0. The van der Waals surface area contributed by atoms with Crippen LogP contribution in [-0.2, 0) is 4.74 Å². The molecule has 8 nitrogen and oxygen atoms in total. The lowest BCUT2D eigenvalue weighted by molar-refractivity contribution is -0.385. The van der Waals surface area contributed by atoms with E-state index in [1.807, 2.05) is 0 Å². The van der Waals surface area contributed by atoms with Crippen LogP contribution in [-0.4, -0.2) is 40.6 Å². The second-order valence-electron chi connectivity index (χ2n) is 5.94. The number of rotatable bonds is 5. The third-order valence-corrected chi connectivity index (χ3v) is 4.36. The molecule has 132 valence electrons. The van der Waals surface area contributed by atoms with E-state index in [9.17, 15) is 14.9 Å². The van der Waals surface area contributed by atoms with Crippen LogP contribution in [0.2, 0.25) is 0 Å². The molecule has 8 heteroatoms. The van der Waals surface area contributed by atoms with Crippen LogP contribution in [0.5, 0.6) is 0 Å². The molecule has 1 N–H and O–H groups in total. The molecular formula is C17H20N4O4. The van der Waals surface area contributed by atoms with Gasteiger partial charge in [0.1, 0.15) is 11.4 Å². The van der Waals surface area contributed by atoms with Crippen LogP contribution in [0, 0.1) is 10.1 Å². The van der Waals surface area contributed by atoms with Gasteiger partial charge in [-0.25, -0.2) is 9.78 Å². The number of benzene rings is 1. The number of hydrogen-bond donors (Lipinski definition) is 1. The Hall–Kier alpha value is -2.90. The summed E-state index contributed by atoms with van der Waals surface area (Å²) >= 11 is 0. The van der Waals surface area contributed by atoms with Gasteiger partial charge in [-0.1, -0.05) is 0 Å². The van der Waals surface area contributed by atoms with Crippen molar-refractivity contribution < 1.29 is 14.5 Å². The van der Waals surface area contributed by atoms with Crippen LogP contribution in [0.15, 0.2) is 30.6 Å². The van der Waals surface area contributed by atoms with Crippen molar-refractivity contribution in [3.63, 3.8) is 0 Å². The van der Waals surface area contributed by atoms with E-state index < -0.39 is 10.9 Å².